The van der Waals surface area contributed by atoms with Crippen LogP contribution in [0.4, 0.5) is 0 Å². The maximum Gasteiger partial charge on any atom is 0.0906 e. The van der Waals surface area contributed by atoms with Crippen LogP contribution in [-0.2, 0) is 36.7 Å². The molecule has 3 aromatic carbocycles. The Hall–Kier alpha value is -1.38. The van der Waals surface area contributed by atoms with Gasteiger partial charge in [0.15, 0.2) is 0 Å². The normalized spacial score (nSPS) is 16.2. The summed E-state index contributed by atoms with van der Waals surface area (Å²) in [6.45, 7) is 31.7. The number of rotatable bonds is 10. The average Bonchev–Trinajstić information content (AvgIpc) is 3.48. The first kappa shape index (κ1) is 37.1. The molecule has 0 spiro atoms. The van der Waals surface area contributed by atoms with E-state index < -0.39 is 8.80 Å². The van der Waals surface area contributed by atoms with E-state index in [1.54, 1.807) is 44.2 Å². The number of unbranched alkanes of at least 4 members (excludes halogenated alkanes) is 3. The van der Waals surface area contributed by atoms with Gasteiger partial charge in [0.1, 0.15) is 0 Å². The largest absolute Gasteiger partial charge is 0.168 e. The molecule has 44 heavy (non-hydrogen) atoms. The van der Waals surface area contributed by atoms with Crippen LogP contribution in [0.1, 0.15) is 138 Å². The fraction of sp³-hybridized carbons (Fsp3) is 0.548. The Kier molecular flexibility index (Phi) is 12.3. The molecular formula is C42H60HfSi-. The third-order valence-corrected chi connectivity index (χ3v) is 13.4. The van der Waals surface area contributed by atoms with Crippen LogP contribution in [0.15, 0.2) is 64.8 Å². The van der Waals surface area contributed by atoms with Gasteiger partial charge in [-0.3, -0.25) is 0 Å². The van der Waals surface area contributed by atoms with E-state index in [9.17, 15) is 0 Å². The maximum absolute atomic E-state index is 2.67. The molecule has 0 saturated heterocycles. The molecule has 0 aliphatic heterocycles. The molecule has 2 heteroatoms. The summed E-state index contributed by atoms with van der Waals surface area (Å²) in [4.78, 5) is 0. The van der Waals surface area contributed by atoms with Crippen LogP contribution >= 0.6 is 0 Å². The fourth-order valence-corrected chi connectivity index (χ4v) is 11.7. The Morgan fingerprint density at radius 3 is 2.09 bits per heavy atom. The van der Waals surface area contributed by atoms with Crippen LogP contribution < -0.4 is 5.19 Å². The molecule has 1 atom stereocenters. The van der Waals surface area contributed by atoms with E-state index in [1.165, 1.54) is 59.7 Å². The van der Waals surface area contributed by atoms with Crippen molar-refractivity contribution in [2.45, 2.75) is 145 Å². The topological polar surface area (TPSA) is 0 Å². The summed E-state index contributed by atoms with van der Waals surface area (Å²) < 4.78 is 0. The summed E-state index contributed by atoms with van der Waals surface area (Å²) in [5.74, 6) is 1.02. The summed E-state index contributed by atoms with van der Waals surface area (Å²) in [5, 5.41) is 4.51. The van der Waals surface area contributed by atoms with Gasteiger partial charge in [0.05, 0.1) is 8.80 Å². The molecule has 4 rings (SSSR count). The van der Waals surface area contributed by atoms with E-state index in [0.29, 0.717) is 11.8 Å². The third-order valence-electron chi connectivity index (χ3n) is 10.4. The van der Waals surface area contributed by atoms with Gasteiger partial charge >= 0.3 is 0 Å². The number of hydrogen-bond acceptors (Lipinski definition) is 0. The number of fused-ring (bicyclic) bond motifs is 1. The molecule has 1 aliphatic carbocycles. The van der Waals surface area contributed by atoms with E-state index >= 15 is 0 Å². The minimum Gasteiger partial charge on any atom is -0.168 e. The number of benzene rings is 2. The molecule has 0 aromatic heterocycles. The standard InChI is InChI=1S/C42H60Si.Hf/c1-14-15-16-17-24-43(26-36-30(6)28(4)29(5)31(36)7)40-37(41(8,9)10)25-35(38(27(2)3)39(40)42(11,12)13)34-23-19-21-32-20-18-22-33(32)34;/h18-23,25,27,30H,14-17,24,26H2,1-13H3;/q-1;. The van der Waals surface area contributed by atoms with E-state index in [4.69, 9.17) is 0 Å². The van der Waals surface area contributed by atoms with Crippen LogP contribution in [0.2, 0.25) is 12.1 Å². The van der Waals surface area contributed by atoms with Gasteiger partial charge < -0.3 is 0 Å². The molecule has 0 bridgehead atoms. The molecule has 1 radical (unpaired) electrons. The van der Waals surface area contributed by atoms with E-state index in [1.807, 2.05) is 0 Å². The molecule has 0 saturated carbocycles. The van der Waals surface area contributed by atoms with Crippen molar-refractivity contribution in [3.8, 4) is 11.1 Å². The van der Waals surface area contributed by atoms with Crippen LogP contribution in [0.3, 0.4) is 0 Å². The van der Waals surface area contributed by atoms with Crippen molar-refractivity contribution >= 4 is 24.8 Å². The summed E-state index contributed by atoms with van der Waals surface area (Å²) in [6, 6.07) is 19.1. The van der Waals surface area contributed by atoms with Crippen molar-refractivity contribution in [2.75, 3.05) is 0 Å². The molecule has 0 nitrogen and oxygen atoms in total. The monoisotopic (exact) mass is 772 g/mol. The second-order valence-corrected chi connectivity index (χ2v) is 18.5. The number of allylic oxidation sites excluding steroid dienone is 4. The predicted molar refractivity (Wildman–Crippen MR) is 196 cm³/mol. The molecular weight excluding hydrogens is 711 g/mol. The molecule has 0 amide bonds. The van der Waals surface area contributed by atoms with Gasteiger partial charge in [-0.15, -0.1) is 29.0 Å². The number of hydrogen-bond donors (Lipinski definition) is 0. The minimum atomic E-state index is -0.890. The molecule has 0 fully saturated rings. The summed E-state index contributed by atoms with van der Waals surface area (Å²) in [6.07, 6.45) is 5.36. The minimum absolute atomic E-state index is 0. The van der Waals surface area contributed by atoms with Crippen molar-refractivity contribution < 1.29 is 25.8 Å². The van der Waals surface area contributed by atoms with Gasteiger partial charge in [0.25, 0.3) is 0 Å². The van der Waals surface area contributed by atoms with Gasteiger partial charge in [-0.05, 0) is 82.9 Å². The Balaban J connectivity index is 0.00000529. The Morgan fingerprint density at radius 1 is 0.864 bits per heavy atom. The van der Waals surface area contributed by atoms with Gasteiger partial charge in [0.2, 0.25) is 0 Å². The van der Waals surface area contributed by atoms with Crippen molar-refractivity contribution in [2.24, 2.45) is 5.92 Å². The summed E-state index contributed by atoms with van der Waals surface area (Å²) in [5.41, 5.74) is 14.3. The quantitative estimate of drug-likeness (QED) is 0.109. The van der Waals surface area contributed by atoms with Crippen LogP contribution in [-0.4, -0.2) is 8.80 Å². The van der Waals surface area contributed by atoms with E-state index in [0.717, 1.165) is 0 Å². The zero-order valence-electron chi connectivity index (χ0n) is 30.4. The Morgan fingerprint density at radius 2 is 1.55 bits per heavy atom. The second-order valence-electron chi connectivity index (χ2n) is 15.9. The van der Waals surface area contributed by atoms with Gasteiger partial charge in [-0.25, -0.2) is 0 Å². The van der Waals surface area contributed by atoms with Gasteiger partial charge in [-0.1, -0.05) is 135 Å². The van der Waals surface area contributed by atoms with E-state index in [-0.39, 0.29) is 36.7 Å². The maximum atomic E-state index is 2.67. The van der Waals surface area contributed by atoms with Crippen molar-refractivity contribution in [1.29, 1.82) is 0 Å². The molecule has 3 aromatic rings. The zero-order chi connectivity index (χ0) is 31.9. The van der Waals surface area contributed by atoms with Crippen molar-refractivity contribution in [3.63, 3.8) is 0 Å². The SMILES string of the molecule is CCCCCC[Si](CC1=C(C)C(C)=C(C)C1C)c1c(C(C)(C)C)cc(-c2cccc3[cH-]ccc23)c(C(C)C)c1C(C)(C)C.[Hf]. The summed E-state index contributed by atoms with van der Waals surface area (Å²) in [7, 11) is -0.890. The summed E-state index contributed by atoms with van der Waals surface area (Å²) >= 11 is 0. The Bertz CT molecular complexity index is 1510. The smallest absolute Gasteiger partial charge is 0.0906 e. The fourth-order valence-electron chi connectivity index (χ4n) is 7.69. The van der Waals surface area contributed by atoms with E-state index in [2.05, 4.69) is 132 Å². The van der Waals surface area contributed by atoms with Gasteiger partial charge in [0, 0.05) is 25.8 Å². The third kappa shape index (κ3) is 7.43. The molecule has 0 heterocycles. The van der Waals surface area contributed by atoms with Crippen LogP contribution in [0, 0.1) is 5.92 Å². The van der Waals surface area contributed by atoms with Crippen LogP contribution in [0.25, 0.3) is 21.9 Å². The predicted octanol–water partition coefficient (Wildman–Crippen LogP) is 12.5. The first-order valence-electron chi connectivity index (χ1n) is 17.2. The van der Waals surface area contributed by atoms with Crippen molar-refractivity contribution in [3.05, 3.63) is 81.4 Å². The molecule has 237 valence electrons. The average molecular weight is 772 g/mol. The van der Waals surface area contributed by atoms with Gasteiger partial charge in [-0.2, -0.15) is 12.1 Å². The second kappa shape index (κ2) is 14.6. The zero-order valence-corrected chi connectivity index (χ0v) is 35.0. The molecule has 1 unspecified atom stereocenters. The van der Waals surface area contributed by atoms with Crippen LogP contribution in [0.5, 0.6) is 0 Å². The molecule has 0 N–H and O–H groups in total. The Labute approximate surface area is 292 Å². The first-order valence-corrected chi connectivity index (χ1v) is 19.1. The molecule has 1 aliphatic rings. The first-order chi connectivity index (χ1) is 20.1. The van der Waals surface area contributed by atoms with Crippen molar-refractivity contribution in [1.82, 2.24) is 0 Å².